The largest absolute Gasteiger partial charge is 0.480 e. The number of carboxylic acids is 2. The summed E-state index contributed by atoms with van der Waals surface area (Å²) in [7, 11) is 0. The van der Waals surface area contributed by atoms with E-state index in [1.54, 1.807) is 0 Å². The van der Waals surface area contributed by atoms with Gasteiger partial charge in [0.05, 0.1) is 0 Å². The second-order valence-corrected chi connectivity index (χ2v) is 4.71. The highest BCUT2D eigenvalue weighted by Crippen LogP contribution is 2.02. The van der Waals surface area contributed by atoms with Gasteiger partial charge in [-0.25, -0.2) is 4.79 Å². The zero-order valence-electron chi connectivity index (χ0n) is 10.1. The third-order valence-corrected chi connectivity index (χ3v) is 2.89. The summed E-state index contributed by atoms with van der Waals surface area (Å²) in [6.07, 6.45) is 2.05. The van der Waals surface area contributed by atoms with E-state index >= 15 is 0 Å². The van der Waals surface area contributed by atoms with Crippen LogP contribution in [0.25, 0.3) is 0 Å². The van der Waals surface area contributed by atoms with Crippen LogP contribution in [0, 0.1) is 0 Å². The fourth-order valence-corrected chi connectivity index (χ4v) is 1.64. The minimum absolute atomic E-state index is 0.0178. The van der Waals surface area contributed by atoms with Crippen LogP contribution in [-0.4, -0.2) is 52.2 Å². The molecular formula is C10H18N2O5S. The van der Waals surface area contributed by atoms with E-state index in [2.05, 4.69) is 5.32 Å². The number of carbonyl (C=O) groups is 3. The Morgan fingerprint density at radius 1 is 1.22 bits per heavy atom. The van der Waals surface area contributed by atoms with Crippen molar-refractivity contribution in [3.8, 4) is 0 Å². The molecule has 0 aliphatic carbocycles. The molecule has 7 nitrogen and oxygen atoms in total. The lowest BCUT2D eigenvalue weighted by molar-refractivity contribution is -0.142. The number of carbonyl (C=O) groups excluding carboxylic acids is 1. The highest BCUT2D eigenvalue weighted by molar-refractivity contribution is 7.98. The first-order chi connectivity index (χ1) is 8.38. The maximum atomic E-state index is 11.4. The Bertz CT molecular complexity index is 311. The molecule has 104 valence electrons. The molecule has 0 aromatic heterocycles. The molecule has 0 spiro atoms. The highest BCUT2D eigenvalue weighted by Gasteiger charge is 2.20. The second kappa shape index (κ2) is 8.76. The van der Waals surface area contributed by atoms with Gasteiger partial charge in [-0.15, -0.1) is 0 Å². The number of amides is 1. The Morgan fingerprint density at radius 2 is 1.83 bits per heavy atom. The maximum absolute atomic E-state index is 11.4. The summed E-state index contributed by atoms with van der Waals surface area (Å²) in [6, 6.07) is -2.05. The van der Waals surface area contributed by atoms with E-state index < -0.39 is 29.9 Å². The summed E-state index contributed by atoms with van der Waals surface area (Å²) in [5.41, 5.74) is 5.24. The maximum Gasteiger partial charge on any atom is 0.326 e. The summed E-state index contributed by atoms with van der Waals surface area (Å²) >= 11 is 1.48. The zero-order valence-corrected chi connectivity index (χ0v) is 10.9. The van der Waals surface area contributed by atoms with Crippen molar-refractivity contribution in [2.75, 3.05) is 12.0 Å². The van der Waals surface area contributed by atoms with Gasteiger partial charge in [0.25, 0.3) is 0 Å². The third kappa shape index (κ3) is 7.13. The van der Waals surface area contributed by atoms with E-state index in [9.17, 15) is 14.4 Å². The van der Waals surface area contributed by atoms with Gasteiger partial charge in [0, 0.05) is 6.42 Å². The van der Waals surface area contributed by atoms with Crippen LogP contribution >= 0.6 is 11.8 Å². The van der Waals surface area contributed by atoms with Crippen molar-refractivity contribution in [2.24, 2.45) is 5.73 Å². The number of aliphatic carboxylic acids is 2. The Morgan fingerprint density at radius 3 is 2.28 bits per heavy atom. The lowest BCUT2D eigenvalue weighted by atomic mass is 10.1. The molecule has 0 heterocycles. The lowest BCUT2D eigenvalue weighted by Gasteiger charge is -2.14. The standard InChI is InChI=1S/C10H18N2O5S/c1-18-5-4-7(10(16)17)12-8(13)3-2-6(11)9(14)15/h6-7H,2-5,11H2,1H3,(H,12,13)(H,14,15)(H,16,17)/t6?,7-/m1/s1. The minimum atomic E-state index is -1.18. The predicted molar refractivity (Wildman–Crippen MR) is 67.4 cm³/mol. The molecule has 0 fully saturated rings. The Labute approximate surface area is 109 Å². The molecule has 0 aromatic rings. The van der Waals surface area contributed by atoms with Gasteiger partial charge in [0.2, 0.25) is 5.91 Å². The molecule has 2 atom stereocenters. The molecule has 0 radical (unpaired) electrons. The molecule has 0 saturated heterocycles. The Kier molecular flexibility index (Phi) is 8.14. The molecule has 0 saturated carbocycles. The quantitative estimate of drug-likeness (QED) is 0.447. The smallest absolute Gasteiger partial charge is 0.326 e. The number of nitrogens with one attached hydrogen (secondary N) is 1. The minimum Gasteiger partial charge on any atom is -0.480 e. The van der Waals surface area contributed by atoms with Gasteiger partial charge in [-0.1, -0.05) is 0 Å². The lowest BCUT2D eigenvalue weighted by Crippen LogP contribution is -2.42. The van der Waals surface area contributed by atoms with Crippen LogP contribution in [0.4, 0.5) is 0 Å². The van der Waals surface area contributed by atoms with Crippen molar-refractivity contribution in [1.29, 1.82) is 0 Å². The number of thioether (sulfide) groups is 1. The van der Waals surface area contributed by atoms with E-state index in [1.165, 1.54) is 11.8 Å². The van der Waals surface area contributed by atoms with Crippen LogP contribution in [0.3, 0.4) is 0 Å². The molecule has 5 N–H and O–H groups in total. The van der Waals surface area contributed by atoms with Crippen LogP contribution < -0.4 is 11.1 Å². The van der Waals surface area contributed by atoms with Crippen molar-refractivity contribution < 1.29 is 24.6 Å². The van der Waals surface area contributed by atoms with Crippen LogP contribution in [0.2, 0.25) is 0 Å². The molecule has 0 rings (SSSR count). The molecule has 8 heteroatoms. The van der Waals surface area contributed by atoms with Gasteiger partial charge in [-0.3, -0.25) is 9.59 Å². The van der Waals surface area contributed by atoms with Crippen molar-refractivity contribution in [3.63, 3.8) is 0 Å². The molecular weight excluding hydrogens is 260 g/mol. The van der Waals surface area contributed by atoms with Crippen molar-refractivity contribution >= 4 is 29.6 Å². The first-order valence-corrected chi connectivity index (χ1v) is 6.77. The third-order valence-electron chi connectivity index (χ3n) is 2.24. The monoisotopic (exact) mass is 278 g/mol. The number of carboxylic acid groups (broad SMARTS) is 2. The van der Waals surface area contributed by atoms with E-state index in [0.29, 0.717) is 12.2 Å². The van der Waals surface area contributed by atoms with Crippen LogP contribution in [0.5, 0.6) is 0 Å². The number of rotatable bonds is 9. The zero-order chi connectivity index (χ0) is 14.1. The first-order valence-electron chi connectivity index (χ1n) is 5.38. The van der Waals surface area contributed by atoms with Crippen molar-refractivity contribution in [1.82, 2.24) is 5.32 Å². The van der Waals surface area contributed by atoms with Crippen molar-refractivity contribution in [3.05, 3.63) is 0 Å². The number of hydrogen-bond acceptors (Lipinski definition) is 5. The fraction of sp³-hybridized carbons (Fsp3) is 0.700. The summed E-state index contributed by atoms with van der Waals surface area (Å²) in [6.45, 7) is 0. The van der Waals surface area contributed by atoms with Crippen LogP contribution in [0.1, 0.15) is 19.3 Å². The predicted octanol–water partition coefficient (Wildman–Crippen LogP) is -0.499. The first kappa shape index (κ1) is 16.7. The number of nitrogens with two attached hydrogens (primary N) is 1. The van der Waals surface area contributed by atoms with Crippen LogP contribution in [0.15, 0.2) is 0 Å². The fourth-order valence-electron chi connectivity index (χ4n) is 1.17. The molecule has 0 aliphatic rings. The van der Waals surface area contributed by atoms with Gasteiger partial charge >= 0.3 is 11.9 Å². The molecule has 0 aromatic carbocycles. The average molecular weight is 278 g/mol. The number of hydrogen-bond donors (Lipinski definition) is 4. The van der Waals surface area contributed by atoms with Gasteiger partial charge in [0.1, 0.15) is 12.1 Å². The summed E-state index contributed by atoms with van der Waals surface area (Å²) in [5, 5.41) is 19.7. The highest BCUT2D eigenvalue weighted by atomic mass is 32.2. The topological polar surface area (TPSA) is 130 Å². The summed E-state index contributed by atoms with van der Waals surface area (Å²) in [4.78, 5) is 32.7. The van der Waals surface area contributed by atoms with Gasteiger partial charge < -0.3 is 21.3 Å². The van der Waals surface area contributed by atoms with Gasteiger partial charge in [-0.05, 0) is 24.9 Å². The van der Waals surface area contributed by atoms with Crippen LogP contribution in [-0.2, 0) is 14.4 Å². The Balaban J connectivity index is 4.09. The SMILES string of the molecule is CSCC[C@@H](NC(=O)CCC(N)C(=O)O)C(=O)O. The molecule has 0 aliphatic heterocycles. The van der Waals surface area contributed by atoms with E-state index in [4.69, 9.17) is 15.9 Å². The van der Waals surface area contributed by atoms with E-state index in [0.717, 1.165) is 0 Å². The normalized spacial score (nSPS) is 13.7. The molecule has 1 amide bonds. The van der Waals surface area contributed by atoms with Gasteiger partial charge in [0.15, 0.2) is 0 Å². The van der Waals surface area contributed by atoms with Crippen molar-refractivity contribution in [2.45, 2.75) is 31.3 Å². The summed E-state index contributed by atoms with van der Waals surface area (Å²) in [5.74, 6) is -2.16. The Hall–Kier alpha value is -1.28. The summed E-state index contributed by atoms with van der Waals surface area (Å²) < 4.78 is 0. The van der Waals surface area contributed by atoms with E-state index in [1.807, 2.05) is 6.26 Å². The van der Waals surface area contributed by atoms with E-state index in [-0.39, 0.29) is 12.8 Å². The average Bonchev–Trinajstić information content (AvgIpc) is 2.30. The molecule has 18 heavy (non-hydrogen) atoms. The second-order valence-electron chi connectivity index (χ2n) is 3.72. The molecule has 0 bridgehead atoms. The van der Waals surface area contributed by atoms with Gasteiger partial charge in [-0.2, -0.15) is 11.8 Å². The molecule has 1 unspecified atom stereocenters.